The summed E-state index contributed by atoms with van der Waals surface area (Å²) in [5.41, 5.74) is 1.18. The van der Waals surface area contributed by atoms with Gasteiger partial charge in [0.25, 0.3) is 0 Å². The first-order chi connectivity index (χ1) is 14.8. The van der Waals surface area contributed by atoms with Crippen molar-refractivity contribution in [2.75, 3.05) is 44.2 Å². The third-order valence-electron chi connectivity index (χ3n) is 5.80. The molecule has 0 spiro atoms. The van der Waals surface area contributed by atoms with Gasteiger partial charge in [-0.15, -0.1) is 0 Å². The van der Waals surface area contributed by atoms with Gasteiger partial charge < -0.3 is 14.7 Å². The van der Waals surface area contributed by atoms with E-state index in [9.17, 15) is 5.11 Å². The monoisotopic (exact) mass is 426 g/mol. The molecule has 0 radical (unpaired) electrons. The molecular weight excluding hydrogens is 392 g/mol. The molecule has 2 aromatic heterocycles. The van der Waals surface area contributed by atoms with Gasteiger partial charge in [0.1, 0.15) is 11.6 Å². The summed E-state index contributed by atoms with van der Waals surface area (Å²) < 4.78 is 5.70. The number of nitrogens with zero attached hydrogens (tertiary/aromatic N) is 6. The van der Waals surface area contributed by atoms with E-state index in [2.05, 4.69) is 53.5 Å². The highest BCUT2D eigenvalue weighted by Gasteiger charge is 2.30. The second-order valence-corrected chi connectivity index (χ2v) is 9.90. The number of aromatic hydroxyl groups is 1. The Labute approximate surface area is 184 Å². The standard InChI is InChI=1S/C23H34N6O2/c1-16(15-31-20-7-8-24-22(30)27-20)14-28-9-11-29(12-10-28)19-13-18(17-5-6-17)25-21(26-19)23(2,3)4/h7-8,13,16-17H,5-6,9-12,14-15H2,1-4H3,(H,24,27,30)/t16-/m0/s1. The van der Waals surface area contributed by atoms with Crippen LogP contribution < -0.4 is 9.64 Å². The summed E-state index contributed by atoms with van der Waals surface area (Å²) in [7, 11) is 0. The lowest BCUT2D eigenvalue weighted by Crippen LogP contribution is -2.48. The number of hydrogen-bond acceptors (Lipinski definition) is 8. The fraction of sp³-hybridized carbons (Fsp3) is 0.652. The molecule has 8 nitrogen and oxygen atoms in total. The van der Waals surface area contributed by atoms with Gasteiger partial charge in [0.15, 0.2) is 0 Å². The first-order valence-electron chi connectivity index (χ1n) is 11.3. The van der Waals surface area contributed by atoms with Gasteiger partial charge in [0, 0.05) is 74.0 Å². The van der Waals surface area contributed by atoms with Crippen LogP contribution in [0.5, 0.6) is 11.9 Å². The average Bonchev–Trinajstić information content (AvgIpc) is 3.57. The molecule has 0 aromatic carbocycles. The molecular formula is C23H34N6O2. The SMILES string of the molecule is C[C@H](COc1ccnc(O)n1)CN1CCN(c2cc(C3CC3)nc(C(C)(C)C)n2)CC1. The Bertz CT molecular complexity index is 888. The quantitative estimate of drug-likeness (QED) is 0.723. The summed E-state index contributed by atoms with van der Waals surface area (Å²) in [5.74, 6) is 3.43. The molecule has 2 aromatic rings. The second-order valence-electron chi connectivity index (χ2n) is 9.90. The predicted molar refractivity (Wildman–Crippen MR) is 120 cm³/mol. The molecule has 4 rings (SSSR count). The van der Waals surface area contributed by atoms with Crippen molar-refractivity contribution < 1.29 is 9.84 Å². The summed E-state index contributed by atoms with van der Waals surface area (Å²) in [5, 5.41) is 9.35. The van der Waals surface area contributed by atoms with E-state index in [1.165, 1.54) is 24.7 Å². The zero-order chi connectivity index (χ0) is 22.0. The smallest absolute Gasteiger partial charge is 0.317 e. The van der Waals surface area contributed by atoms with Crippen molar-refractivity contribution in [3.8, 4) is 11.9 Å². The molecule has 1 atom stereocenters. The first-order valence-corrected chi connectivity index (χ1v) is 11.3. The van der Waals surface area contributed by atoms with E-state index in [4.69, 9.17) is 14.7 Å². The summed E-state index contributed by atoms with van der Waals surface area (Å²) in [6, 6.07) is 3.62. The fourth-order valence-electron chi connectivity index (χ4n) is 3.83. The van der Waals surface area contributed by atoms with Gasteiger partial charge >= 0.3 is 6.01 Å². The maximum atomic E-state index is 9.35. The van der Waals surface area contributed by atoms with Crippen LogP contribution in [0.15, 0.2) is 18.3 Å². The van der Waals surface area contributed by atoms with E-state index >= 15 is 0 Å². The molecule has 0 amide bonds. The third-order valence-corrected chi connectivity index (χ3v) is 5.80. The topological polar surface area (TPSA) is 87.5 Å². The van der Waals surface area contributed by atoms with Crippen LogP contribution in [0.4, 0.5) is 5.82 Å². The highest BCUT2D eigenvalue weighted by molar-refractivity contribution is 5.42. The maximum absolute atomic E-state index is 9.35. The summed E-state index contributed by atoms with van der Waals surface area (Å²) in [6.45, 7) is 14.2. The molecule has 1 saturated heterocycles. The lowest BCUT2D eigenvalue weighted by molar-refractivity contribution is 0.174. The minimum absolute atomic E-state index is 0.0443. The lowest BCUT2D eigenvalue weighted by atomic mass is 9.95. The van der Waals surface area contributed by atoms with Crippen LogP contribution in [0.3, 0.4) is 0 Å². The molecule has 0 bridgehead atoms. The van der Waals surface area contributed by atoms with E-state index < -0.39 is 0 Å². The molecule has 31 heavy (non-hydrogen) atoms. The predicted octanol–water partition coefficient (Wildman–Crippen LogP) is 2.98. The van der Waals surface area contributed by atoms with Crippen molar-refractivity contribution in [1.82, 2.24) is 24.8 Å². The van der Waals surface area contributed by atoms with Crippen molar-refractivity contribution in [2.24, 2.45) is 5.92 Å². The highest BCUT2D eigenvalue weighted by atomic mass is 16.5. The molecule has 3 heterocycles. The minimum Gasteiger partial charge on any atom is -0.479 e. The molecule has 2 aliphatic rings. The zero-order valence-corrected chi connectivity index (χ0v) is 19.1. The number of hydrogen-bond donors (Lipinski definition) is 1. The van der Waals surface area contributed by atoms with Crippen molar-refractivity contribution in [2.45, 2.75) is 51.9 Å². The van der Waals surface area contributed by atoms with Crippen LogP contribution in [-0.2, 0) is 5.41 Å². The van der Waals surface area contributed by atoms with Crippen LogP contribution in [0.1, 0.15) is 58.0 Å². The molecule has 1 aliphatic carbocycles. The third kappa shape index (κ3) is 5.81. The number of piperazine rings is 1. The molecule has 1 aliphatic heterocycles. The minimum atomic E-state index is -0.259. The van der Waals surface area contributed by atoms with Gasteiger partial charge in [-0.1, -0.05) is 27.7 Å². The Hall–Kier alpha value is -2.48. The summed E-state index contributed by atoms with van der Waals surface area (Å²) >= 11 is 0. The van der Waals surface area contributed by atoms with Crippen LogP contribution in [0.2, 0.25) is 0 Å². The lowest BCUT2D eigenvalue weighted by Gasteiger charge is -2.37. The number of ether oxygens (including phenoxy) is 1. The van der Waals surface area contributed by atoms with Gasteiger partial charge in [0.05, 0.1) is 6.61 Å². The van der Waals surface area contributed by atoms with Crippen molar-refractivity contribution in [1.29, 1.82) is 0 Å². The van der Waals surface area contributed by atoms with Gasteiger partial charge in [-0.05, 0) is 12.8 Å². The van der Waals surface area contributed by atoms with Gasteiger partial charge in [-0.25, -0.2) is 15.0 Å². The van der Waals surface area contributed by atoms with Crippen LogP contribution in [-0.4, -0.2) is 69.3 Å². The molecule has 1 N–H and O–H groups in total. The van der Waals surface area contributed by atoms with Crippen molar-refractivity contribution in [3.63, 3.8) is 0 Å². The van der Waals surface area contributed by atoms with E-state index in [1.807, 2.05) is 0 Å². The van der Waals surface area contributed by atoms with Crippen molar-refractivity contribution >= 4 is 5.82 Å². The van der Waals surface area contributed by atoms with E-state index in [0.29, 0.717) is 24.3 Å². The average molecular weight is 427 g/mol. The van der Waals surface area contributed by atoms with Crippen LogP contribution in [0.25, 0.3) is 0 Å². The van der Waals surface area contributed by atoms with Crippen molar-refractivity contribution in [3.05, 3.63) is 29.8 Å². The maximum Gasteiger partial charge on any atom is 0.317 e. The molecule has 0 unspecified atom stereocenters. The normalized spacial score (nSPS) is 18.8. The first kappa shape index (κ1) is 21.7. The van der Waals surface area contributed by atoms with Gasteiger partial charge in [-0.3, -0.25) is 4.90 Å². The van der Waals surface area contributed by atoms with E-state index in [-0.39, 0.29) is 11.4 Å². The molecule has 2 fully saturated rings. The van der Waals surface area contributed by atoms with Gasteiger partial charge in [0.2, 0.25) is 5.88 Å². The molecule has 8 heteroatoms. The Kier molecular flexibility index (Phi) is 6.27. The Morgan fingerprint density at radius 2 is 1.87 bits per heavy atom. The second kappa shape index (κ2) is 8.94. The zero-order valence-electron chi connectivity index (χ0n) is 19.1. The Balaban J connectivity index is 1.31. The molecule has 168 valence electrons. The van der Waals surface area contributed by atoms with Crippen LogP contribution in [0, 0.1) is 5.92 Å². The van der Waals surface area contributed by atoms with E-state index in [0.717, 1.165) is 44.4 Å². The number of anilines is 1. The number of rotatable bonds is 7. The highest BCUT2D eigenvalue weighted by Crippen LogP contribution is 2.40. The summed E-state index contributed by atoms with van der Waals surface area (Å²) in [4.78, 5) is 22.3. The fourth-order valence-corrected chi connectivity index (χ4v) is 3.83. The number of aromatic nitrogens is 4. The van der Waals surface area contributed by atoms with Crippen LogP contribution >= 0.6 is 0 Å². The Morgan fingerprint density at radius 1 is 1.13 bits per heavy atom. The largest absolute Gasteiger partial charge is 0.479 e. The van der Waals surface area contributed by atoms with E-state index in [1.54, 1.807) is 6.07 Å². The molecule has 1 saturated carbocycles. The van der Waals surface area contributed by atoms with Gasteiger partial charge in [-0.2, -0.15) is 4.98 Å². The Morgan fingerprint density at radius 3 is 2.52 bits per heavy atom. The summed E-state index contributed by atoms with van der Waals surface area (Å²) in [6.07, 6.45) is 4.00.